The van der Waals surface area contributed by atoms with Crippen molar-refractivity contribution in [3.63, 3.8) is 0 Å². The van der Waals surface area contributed by atoms with Crippen molar-refractivity contribution in [3.8, 4) is 0 Å². The highest BCUT2D eigenvalue weighted by molar-refractivity contribution is 6.30. The fraction of sp³-hybridized carbons (Fsp3) is 0.400. The topological polar surface area (TPSA) is 33.2 Å². The van der Waals surface area contributed by atoms with Crippen LogP contribution in [0.25, 0.3) is 0 Å². The zero-order chi connectivity index (χ0) is 9.97. The highest BCUT2D eigenvalue weighted by Gasteiger charge is 2.26. The zero-order valence-corrected chi connectivity index (χ0v) is 8.44. The Bertz CT molecular complexity index is 343. The van der Waals surface area contributed by atoms with Gasteiger partial charge in [-0.2, -0.15) is 0 Å². The van der Waals surface area contributed by atoms with Crippen LogP contribution < -0.4 is 0 Å². The van der Waals surface area contributed by atoms with Crippen molar-refractivity contribution in [2.24, 2.45) is 0 Å². The highest BCUT2D eigenvalue weighted by atomic mass is 35.5. The van der Waals surface area contributed by atoms with Crippen LogP contribution in [0.3, 0.4) is 0 Å². The van der Waals surface area contributed by atoms with E-state index in [1.54, 1.807) is 11.1 Å². The molecule has 2 rings (SSSR count). The maximum Gasteiger partial charge on any atom is 0.210 e. The minimum atomic E-state index is 0.119. The molecule has 0 aliphatic carbocycles. The minimum Gasteiger partial charge on any atom is -0.338 e. The summed E-state index contributed by atoms with van der Waals surface area (Å²) < 4.78 is 0. The van der Waals surface area contributed by atoms with Crippen molar-refractivity contribution in [2.45, 2.75) is 18.9 Å². The van der Waals surface area contributed by atoms with E-state index in [1.807, 2.05) is 12.1 Å². The van der Waals surface area contributed by atoms with Crippen molar-refractivity contribution < 1.29 is 4.79 Å². The Morgan fingerprint density at radius 1 is 1.64 bits per heavy atom. The van der Waals surface area contributed by atoms with Crippen molar-refractivity contribution in [2.75, 3.05) is 6.54 Å². The Morgan fingerprint density at radius 2 is 2.50 bits per heavy atom. The molecule has 1 aromatic heterocycles. The number of carbonyl (C=O) groups excluding carboxylic acids is 1. The fourth-order valence-corrected chi connectivity index (χ4v) is 2.14. The quantitative estimate of drug-likeness (QED) is 0.553. The Morgan fingerprint density at radius 3 is 3.21 bits per heavy atom. The molecule has 1 unspecified atom stereocenters. The molecule has 74 valence electrons. The lowest BCUT2D eigenvalue weighted by Crippen LogP contribution is -2.21. The molecule has 0 radical (unpaired) electrons. The van der Waals surface area contributed by atoms with Gasteiger partial charge >= 0.3 is 0 Å². The Kier molecular flexibility index (Phi) is 2.68. The van der Waals surface area contributed by atoms with Crippen LogP contribution in [0.2, 0.25) is 5.15 Å². The number of carbonyl (C=O) groups is 1. The minimum absolute atomic E-state index is 0.119. The zero-order valence-electron chi connectivity index (χ0n) is 7.69. The predicted molar refractivity (Wildman–Crippen MR) is 54.0 cm³/mol. The number of hydrogen-bond donors (Lipinski definition) is 0. The number of likely N-dealkylation sites (tertiary alicyclic amines) is 1. The molecule has 1 aliphatic heterocycles. The fourth-order valence-electron chi connectivity index (χ4n) is 1.90. The normalized spacial score (nSPS) is 21.2. The molecule has 1 aliphatic rings. The molecule has 1 atom stereocenters. The molecule has 0 saturated carbocycles. The summed E-state index contributed by atoms with van der Waals surface area (Å²) in [6.07, 6.45) is 4.56. The van der Waals surface area contributed by atoms with Crippen LogP contribution in [0.1, 0.15) is 24.4 Å². The van der Waals surface area contributed by atoms with E-state index >= 15 is 0 Å². The number of halogens is 1. The predicted octanol–water partition coefficient (Wildman–Crippen LogP) is 2.03. The first-order valence-corrected chi connectivity index (χ1v) is 5.02. The first-order chi connectivity index (χ1) is 6.83. The van der Waals surface area contributed by atoms with Crippen LogP contribution in [0, 0.1) is 0 Å². The van der Waals surface area contributed by atoms with Gasteiger partial charge in [0.25, 0.3) is 0 Å². The number of hydrogen-bond acceptors (Lipinski definition) is 2. The van der Waals surface area contributed by atoms with Crippen LogP contribution in [0.5, 0.6) is 0 Å². The summed E-state index contributed by atoms with van der Waals surface area (Å²) in [5, 5.41) is 0.506. The summed E-state index contributed by atoms with van der Waals surface area (Å²) in [6, 6.07) is 3.90. The van der Waals surface area contributed by atoms with Gasteiger partial charge < -0.3 is 4.90 Å². The number of rotatable bonds is 2. The molecule has 1 aromatic rings. The average molecular weight is 211 g/mol. The second-order valence-corrected chi connectivity index (χ2v) is 3.74. The Hall–Kier alpha value is -1.09. The van der Waals surface area contributed by atoms with Crippen LogP contribution >= 0.6 is 11.6 Å². The van der Waals surface area contributed by atoms with Gasteiger partial charge in [0, 0.05) is 18.3 Å². The van der Waals surface area contributed by atoms with Crippen molar-refractivity contribution >= 4 is 18.0 Å². The van der Waals surface area contributed by atoms with Gasteiger partial charge in [0.15, 0.2) is 0 Å². The Labute approximate surface area is 87.7 Å². The highest BCUT2D eigenvalue weighted by Crippen LogP contribution is 2.33. The maximum atomic E-state index is 10.8. The van der Waals surface area contributed by atoms with E-state index in [2.05, 4.69) is 4.98 Å². The van der Waals surface area contributed by atoms with Crippen LogP contribution in [-0.2, 0) is 4.79 Å². The summed E-state index contributed by atoms with van der Waals surface area (Å²) in [7, 11) is 0. The van der Waals surface area contributed by atoms with Crippen molar-refractivity contribution in [1.29, 1.82) is 0 Å². The molecule has 3 nitrogen and oxygen atoms in total. The molecule has 1 amide bonds. The molecule has 1 fully saturated rings. The molecule has 0 spiro atoms. The lowest BCUT2D eigenvalue weighted by Gasteiger charge is -2.20. The molecule has 4 heteroatoms. The molecule has 14 heavy (non-hydrogen) atoms. The summed E-state index contributed by atoms with van der Waals surface area (Å²) in [4.78, 5) is 16.6. The van der Waals surface area contributed by atoms with Crippen LogP contribution in [0.4, 0.5) is 0 Å². The van der Waals surface area contributed by atoms with E-state index in [0.29, 0.717) is 5.15 Å². The average Bonchev–Trinajstić information content (AvgIpc) is 2.66. The summed E-state index contributed by atoms with van der Waals surface area (Å²) in [6.45, 7) is 0.819. The first kappa shape index (κ1) is 9.46. The molecule has 0 bridgehead atoms. The third-order valence-electron chi connectivity index (χ3n) is 2.58. The van der Waals surface area contributed by atoms with Gasteiger partial charge in [0.1, 0.15) is 5.15 Å². The van der Waals surface area contributed by atoms with Crippen LogP contribution in [-0.4, -0.2) is 22.8 Å². The number of amides is 1. The summed E-state index contributed by atoms with van der Waals surface area (Å²) >= 11 is 5.97. The van der Waals surface area contributed by atoms with Crippen LogP contribution in [0.15, 0.2) is 18.3 Å². The third kappa shape index (κ3) is 1.60. The van der Waals surface area contributed by atoms with Gasteiger partial charge in [-0.25, -0.2) is 4.98 Å². The molecular formula is C10H11ClN2O. The molecule has 0 N–H and O–H groups in total. The van der Waals surface area contributed by atoms with E-state index in [-0.39, 0.29) is 6.04 Å². The van der Waals surface area contributed by atoms with Gasteiger partial charge in [0.2, 0.25) is 6.41 Å². The van der Waals surface area contributed by atoms with Gasteiger partial charge in [-0.15, -0.1) is 0 Å². The Balaban J connectivity index is 2.30. The largest absolute Gasteiger partial charge is 0.338 e. The summed E-state index contributed by atoms with van der Waals surface area (Å²) in [5.41, 5.74) is 0.957. The van der Waals surface area contributed by atoms with E-state index in [9.17, 15) is 4.79 Å². The van der Waals surface area contributed by atoms with E-state index in [4.69, 9.17) is 11.6 Å². The standard InChI is InChI=1S/C10H11ClN2O/c11-10-8(3-1-5-12-10)9-4-2-6-13(9)7-14/h1,3,5,7,9H,2,4,6H2. The number of pyridine rings is 1. The number of nitrogens with zero attached hydrogens (tertiary/aromatic N) is 2. The third-order valence-corrected chi connectivity index (χ3v) is 2.89. The summed E-state index contributed by atoms with van der Waals surface area (Å²) in [5.74, 6) is 0. The van der Waals surface area contributed by atoms with Crippen molar-refractivity contribution in [1.82, 2.24) is 9.88 Å². The number of aromatic nitrogens is 1. The smallest absolute Gasteiger partial charge is 0.210 e. The van der Waals surface area contributed by atoms with Crippen molar-refractivity contribution in [3.05, 3.63) is 29.0 Å². The van der Waals surface area contributed by atoms with Gasteiger partial charge in [-0.1, -0.05) is 17.7 Å². The molecule has 0 aromatic carbocycles. The van der Waals surface area contributed by atoms with Gasteiger partial charge in [0.05, 0.1) is 6.04 Å². The van der Waals surface area contributed by atoms with E-state index < -0.39 is 0 Å². The molecule has 1 saturated heterocycles. The second-order valence-electron chi connectivity index (χ2n) is 3.38. The van der Waals surface area contributed by atoms with Gasteiger partial charge in [-0.05, 0) is 18.9 Å². The van der Waals surface area contributed by atoms with Gasteiger partial charge in [-0.3, -0.25) is 4.79 Å². The molecular weight excluding hydrogens is 200 g/mol. The lowest BCUT2D eigenvalue weighted by atomic mass is 10.1. The lowest BCUT2D eigenvalue weighted by molar-refractivity contribution is -0.118. The van der Waals surface area contributed by atoms with E-state index in [1.165, 1.54) is 0 Å². The van der Waals surface area contributed by atoms with E-state index in [0.717, 1.165) is 31.4 Å². The second kappa shape index (κ2) is 3.96. The SMILES string of the molecule is O=CN1CCCC1c1cccnc1Cl. The molecule has 2 heterocycles. The first-order valence-electron chi connectivity index (χ1n) is 4.64. The monoisotopic (exact) mass is 210 g/mol. The maximum absolute atomic E-state index is 10.8.